The van der Waals surface area contributed by atoms with Crippen molar-refractivity contribution in [2.75, 3.05) is 14.2 Å². The first-order chi connectivity index (χ1) is 10.2. The van der Waals surface area contributed by atoms with Crippen molar-refractivity contribution in [2.45, 2.75) is 18.6 Å². The molecule has 0 saturated carbocycles. The van der Waals surface area contributed by atoms with E-state index in [4.69, 9.17) is 14.2 Å². The second-order valence-corrected chi connectivity index (χ2v) is 5.01. The molecule has 0 aromatic heterocycles. The highest BCUT2D eigenvalue weighted by Crippen LogP contribution is 2.42. The van der Waals surface area contributed by atoms with Gasteiger partial charge in [0.05, 0.1) is 20.3 Å². The fourth-order valence-electron chi connectivity index (χ4n) is 2.65. The van der Waals surface area contributed by atoms with Crippen molar-refractivity contribution in [3.63, 3.8) is 0 Å². The average molecular weight is 286 g/mol. The Kier molecular flexibility index (Phi) is 3.71. The molecule has 0 amide bonds. The molecule has 0 aliphatic carbocycles. The largest absolute Gasteiger partial charge is 0.493 e. The van der Waals surface area contributed by atoms with Gasteiger partial charge in [0.2, 0.25) is 0 Å². The van der Waals surface area contributed by atoms with Crippen LogP contribution >= 0.6 is 0 Å². The van der Waals surface area contributed by atoms with E-state index in [1.165, 1.54) is 0 Å². The van der Waals surface area contributed by atoms with Crippen molar-refractivity contribution in [2.24, 2.45) is 0 Å². The Morgan fingerprint density at radius 3 is 2.57 bits per heavy atom. The summed E-state index contributed by atoms with van der Waals surface area (Å²) < 4.78 is 16.6. The second-order valence-electron chi connectivity index (χ2n) is 5.01. The van der Waals surface area contributed by atoms with Gasteiger partial charge in [0.25, 0.3) is 0 Å². The molecule has 0 bridgehead atoms. The van der Waals surface area contributed by atoms with Crippen LogP contribution in [0.4, 0.5) is 0 Å². The molecule has 0 saturated heterocycles. The lowest BCUT2D eigenvalue weighted by Gasteiger charge is -2.30. The number of aliphatic hydroxyl groups excluding tert-OH is 1. The van der Waals surface area contributed by atoms with E-state index in [9.17, 15) is 5.11 Å². The molecule has 1 N–H and O–H groups in total. The first kappa shape index (κ1) is 13.8. The minimum Gasteiger partial charge on any atom is -0.493 e. The van der Waals surface area contributed by atoms with Crippen molar-refractivity contribution >= 4 is 0 Å². The minimum absolute atomic E-state index is 0.199. The normalized spacial score (nSPS) is 20.3. The van der Waals surface area contributed by atoms with Crippen LogP contribution < -0.4 is 14.2 Å². The van der Waals surface area contributed by atoms with Crippen LogP contribution in [-0.2, 0) is 0 Å². The van der Waals surface area contributed by atoms with Crippen molar-refractivity contribution in [1.29, 1.82) is 0 Å². The lowest BCUT2D eigenvalue weighted by atomic mass is 9.95. The quantitative estimate of drug-likeness (QED) is 0.941. The Hall–Kier alpha value is -2.20. The van der Waals surface area contributed by atoms with Crippen LogP contribution in [0, 0.1) is 0 Å². The van der Waals surface area contributed by atoms with Crippen LogP contribution in [0.5, 0.6) is 17.2 Å². The van der Waals surface area contributed by atoms with Gasteiger partial charge in [-0.05, 0) is 23.8 Å². The molecule has 3 rings (SSSR count). The first-order valence-corrected chi connectivity index (χ1v) is 6.88. The third-order valence-corrected chi connectivity index (χ3v) is 3.76. The number of hydrogen-bond acceptors (Lipinski definition) is 4. The molecule has 1 heterocycles. The first-order valence-electron chi connectivity index (χ1n) is 6.88. The topological polar surface area (TPSA) is 47.9 Å². The number of benzene rings is 2. The molecule has 2 aromatic carbocycles. The van der Waals surface area contributed by atoms with Gasteiger partial charge in [-0.2, -0.15) is 0 Å². The van der Waals surface area contributed by atoms with Crippen LogP contribution in [0.1, 0.15) is 29.8 Å². The Balaban J connectivity index is 1.92. The molecule has 2 aromatic rings. The minimum atomic E-state index is -0.520. The number of fused-ring (bicyclic) bond motifs is 1. The molecule has 2 atom stereocenters. The summed E-state index contributed by atoms with van der Waals surface area (Å²) in [4.78, 5) is 0. The van der Waals surface area contributed by atoms with Crippen LogP contribution in [-0.4, -0.2) is 19.3 Å². The summed E-state index contributed by atoms with van der Waals surface area (Å²) in [7, 11) is 3.21. The van der Waals surface area contributed by atoms with Crippen LogP contribution in [0.3, 0.4) is 0 Å². The van der Waals surface area contributed by atoms with Gasteiger partial charge in [0, 0.05) is 12.0 Å². The van der Waals surface area contributed by atoms with Crippen molar-refractivity contribution in [3.8, 4) is 17.2 Å². The summed E-state index contributed by atoms with van der Waals surface area (Å²) in [5, 5.41) is 10.3. The molecule has 0 radical (unpaired) electrons. The predicted octanol–water partition coefficient (Wildman–Crippen LogP) is 3.26. The number of para-hydroxylation sites is 1. The molecular formula is C17H18O4. The fraction of sp³-hybridized carbons (Fsp3) is 0.294. The van der Waals surface area contributed by atoms with Crippen molar-refractivity contribution in [3.05, 3.63) is 53.6 Å². The number of hydrogen-bond donors (Lipinski definition) is 1. The van der Waals surface area contributed by atoms with E-state index in [1.807, 2.05) is 42.5 Å². The van der Waals surface area contributed by atoms with Gasteiger partial charge in [0.1, 0.15) is 11.9 Å². The molecule has 0 spiro atoms. The van der Waals surface area contributed by atoms with Crippen molar-refractivity contribution < 1.29 is 19.3 Å². The molecule has 4 nitrogen and oxygen atoms in total. The summed E-state index contributed by atoms with van der Waals surface area (Å²) in [6.07, 6.45) is -0.199. The highest BCUT2D eigenvalue weighted by molar-refractivity contribution is 5.45. The summed E-state index contributed by atoms with van der Waals surface area (Å²) in [6.45, 7) is 0. The molecule has 0 fully saturated rings. The van der Waals surface area contributed by atoms with Crippen LogP contribution in [0.15, 0.2) is 42.5 Å². The summed E-state index contributed by atoms with van der Waals surface area (Å²) in [5.41, 5.74) is 1.80. The number of methoxy groups -OCH3 is 2. The zero-order chi connectivity index (χ0) is 14.8. The molecular weight excluding hydrogens is 268 g/mol. The SMILES string of the molecule is COc1ccc(C2C[C@@H](O)c3ccccc3O2)cc1OC. The Morgan fingerprint density at radius 2 is 1.81 bits per heavy atom. The highest BCUT2D eigenvalue weighted by atomic mass is 16.5. The zero-order valence-corrected chi connectivity index (χ0v) is 12.1. The predicted molar refractivity (Wildman–Crippen MR) is 78.9 cm³/mol. The van der Waals surface area contributed by atoms with Gasteiger partial charge >= 0.3 is 0 Å². The Bertz CT molecular complexity index is 638. The van der Waals surface area contributed by atoms with E-state index in [1.54, 1.807) is 14.2 Å². The molecule has 4 heteroatoms. The molecule has 110 valence electrons. The number of rotatable bonds is 3. The zero-order valence-electron chi connectivity index (χ0n) is 12.1. The number of aliphatic hydroxyl groups is 1. The standard InChI is InChI=1S/C17H18O4/c1-19-15-8-7-11(9-17(15)20-2)16-10-13(18)12-5-3-4-6-14(12)21-16/h3-9,13,16,18H,10H2,1-2H3/t13-,16?/m1/s1. The average Bonchev–Trinajstić information content (AvgIpc) is 2.54. The van der Waals surface area contributed by atoms with Gasteiger partial charge < -0.3 is 19.3 Å². The maximum atomic E-state index is 10.3. The summed E-state index contributed by atoms with van der Waals surface area (Å²) >= 11 is 0. The lowest BCUT2D eigenvalue weighted by molar-refractivity contribution is 0.0656. The Labute approximate surface area is 123 Å². The van der Waals surface area contributed by atoms with Gasteiger partial charge in [0.15, 0.2) is 11.5 Å². The molecule has 1 aliphatic heterocycles. The van der Waals surface area contributed by atoms with E-state index in [2.05, 4.69) is 0 Å². The van der Waals surface area contributed by atoms with E-state index < -0.39 is 6.10 Å². The maximum Gasteiger partial charge on any atom is 0.161 e. The Morgan fingerprint density at radius 1 is 1.05 bits per heavy atom. The van der Waals surface area contributed by atoms with E-state index in [0.717, 1.165) is 16.9 Å². The van der Waals surface area contributed by atoms with Gasteiger partial charge in [-0.1, -0.05) is 24.3 Å². The monoisotopic (exact) mass is 286 g/mol. The second kappa shape index (κ2) is 5.66. The third-order valence-electron chi connectivity index (χ3n) is 3.76. The van der Waals surface area contributed by atoms with Crippen molar-refractivity contribution in [1.82, 2.24) is 0 Å². The van der Waals surface area contributed by atoms with Crippen LogP contribution in [0.25, 0.3) is 0 Å². The van der Waals surface area contributed by atoms with Gasteiger partial charge in [-0.3, -0.25) is 0 Å². The highest BCUT2D eigenvalue weighted by Gasteiger charge is 2.28. The van der Waals surface area contributed by atoms with Gasteiger partial charge in [-0.15, -0.1) is 0 Å². The van der Waals surface area contributed by atoms with E-state index in [0.29, 0.717) is 17.9 Å². The lowest BCUT2D eigenvalue weighted by Crippen LogP contribution is -2.19. The van der Waals surface area contributed by atoms with Gasteiger partial charge in [-0.25, -0.2) is 0 Å². The fourth-order valence-corrected chi connectivity index (χ4v) is 2.65. The van der Waals surface area contributed by atoms with E-state index in [-0.39, 0.29) is 6.10 Å². The van der Waals surface area contributed by atoms with Crippen LogP contribution in [0.2, 0.25) is 0 Å². The smallest absolute Gasteiger partial charge is 0.161 e. The molecule has 21 heavy (non-hydrogen) atoms. The summed E-state index contributed by atoms with van der Waals surface area (Å²) in [6, 6.07) is 13.3. The number of ether oxygens (including phenoxy) is 3. The summed E-state index contributed by atoms with van der Waals surface area (Å²) in [5.74, 6) is 2.07. The molecule has 1 aliphatic rings. The molecule has 1 unspecified atom stereocenters. The third kappa shape index (κ3) is 2.54. The maximum absolute atomic E-state index is 10.3. The van der Waals surface area contributed by atoms with E-state index >= 15 is 0 Å².